The van der Waals surface area contributed by atoms with Crippen LogP contribution in [0.1, 0.15) is 19.8 Å². The van der Waals surface area contributed by atoms with E-state index in [4.69, 9.17) is 9.47 Å². The van der Waals surface area contributed by atoms with Crippen LogP contribution in [0.25, 0.3) is 0 Å². The fraction of sp³-hybridized carbons (Fsp3) is 0.600. The third-order valence-electron chi connectivity index (χ3n) is 1.58. The Bertz CT molecular complexity index is 146. The molecule has 0 spiro atoms. The van der Waals surface area contributed by atoms with Crippen LogP contribution >= 0.6 is 0 Å². The third kappa shape index (κ3) is 3.69. The fourth-order valence-corrected chi connectivity index (χ4v) is 1.10. The standard InChI is InChI=1S/C10H18O2/c1-5-7-9(8-6-2)10(11-3)12-4/h5,8,10H,1,6-7H2,2-4H3/b9-8+. The number of rotatable bonds is 6. The Labute approximate surface area is 74.9 Å². The van der Waals surface area contributed by atoms with E-state index in [1.54, 1.807) is 14.2 Å². The molecule has 0 atom stereocenters. The van der Waals surface area contributed by atoms with Crippen LogP contribution < -0.4 is 0 Å². The molecule has 0 fully saturated rings. The van der Waals surface area contributed by atoms with Gasteiger partial charge in [0.2, 0.25) is 0 Å². The van der Waals surface area contributed by atoms with Crippen molar-refractivity contribution >= 4 is 0 Å². The van der Waals surface area contributed by atoms with E-state index < -0.39 is 0 Å². The molecule has 0 saturated carbocycles. The van der Waals surface area contributed by atoms with Crippen LogP contribution in [-0.4, -0.2) is 20.5 Å². The summed E-state index contributed by atoms with van der Waals surface area (Å²) >= 11 is 0. The molecule has 0 heterocycles. The zero-order valence-corrected chi connectivity index (χ0v) is 8.17. The molecule has 0 saturated heterocycles. The second kappa shape index (κ2) is 7.07. The van der Waals surface area contributed by atoms with Crippen LogP contribution in [0.4, 0.5) is 0 Å². The summed E-state index contributed by atoms with van der Waals surface area (Å²) in [7, 11) is 3.28. The lowest BCUT2D eigenvalue weighted by Crippen LogP contribution is -2.15. The molecule has 0 aromatic heterocycles. The van der Waals surface area contributed by atoms with Crippen molar-refractivity contribution < 1.29 is 9.47 Å². The molecule has 0 aliphatic rings. The first kappa shape index (κ1) is 11.4. The fourth-order valence-electron chi connectivity index (χ4n) is 1.10. The van der Waals surface area contributed by atoms with E-state index in [1.165, 1.54) is 0 Å². The van der Waals surface area contributed by atoms with Crippen molar-refractivity contribution in [2.75, 3.05) is 14.2 Å². The summed E-state index contributed by atoms with van der Waals surface area (Å²) in [5.74, 6) is 0. The van der Waals surface area contributed by atoms with Crippen molar-refractivity contribution in [2.45, 2.75) is 26.1 Å². The van der Waals surface area contributed by atoms with Gasteiger partial charge in [-0.05, 0) is 18.4 Å². The van der Waals surface area contributed by atoms with Crippen molar-refractivity contribution in [3.63, 3.8) is 0 Å². The first-order chi connectivity index (χ1) is 5.79. The van der Waals surface area contributed by atoms with Crippen molar-refractivity contribution in [1.29, 1.82) is 0 Å². The van der Waals surface area contributed by atoms with Crippen LogP contribution in [0.15, 0.2) is 24.3 Å². The van der Waals surface area contributed by atoms with Gasteiger partial charge in [0.25, 0.3) is 0 Å². The normalized spacial score (nSPS) is 12.2. The minimum absolute atomic E-state index is 0.219. The molecule has 0 bridgehead atoms. The molecule has 0 aliphatic heterocycles. The molecular weight excluding hydrogens is 152 g/mol. The molecule has 0 aromatic carbocycles. The average Bonchev–Trinajstić information content (AvgIpc) is 2.07. The molecule has 12 heavy (non-hydrogen) atoms. The summed E-state index contributed by atoms with van der Waals surface area (Å²) in [4.78, 5) is 0. The Morgan fingerprint density at radius 2 is 2.00 bits per heavy atom. The van der Waals surface area contributed by atoms with Crippen LogP contribution in [-0.2, 0) is 9.47 Å². The Kier molecular flexibility index (Phi) is 6.72. The minimum Gasteiger partial charge on any atom is -0.352 e. The quantitative estimate of drug-likeness (QED) is 0.450. The van der Waals surface area contributed by atoms with Gasteiger partial charge >= 0.3 is 0 Å². The van der Waals surface area contributed by atoms with E-state index in [1.807, 2.05) is 6.08 Å². The second-order valence-corrected chi connectivity index (χ2v) is 2.48. The molecule has 0 aromatic rings. The number of allylic oxidation sites excluding steroid dienone is 2. The predicted molar refractivity (Wildman–Crippen MR) is 51.0 cm³/mol. The van der Waals surface area contributed by atoms with Gasteiger partial charge in [-0.25, -0.2) is 0 Å². The van der Waals surface area contributed by atoms with Crippen LogP contribution in [0, 0.1) is 0 Å². The van der Waals surface area contributed by atoms with Crippen LogP contribution in [0.3, 0.4) is 0 Å². The predicted octanol–water partition coefficient (Wildman–Crippen LogP) is 2.52. The van der Waals surface area contributed by atoms with E-state index >= 15 is 0 Å². The summed E-state index contributed by atoms with van der Waals surface area (Å²) in [5.41, 5.74) is 1.14. The topological polar surface area (TPSA) is 18.5 Å². The highest BCUT2D eigenvalue weighted by Crippen LogP contribution is 2.12. The minimum atomic E-state index is -0.219. The van der Waals surface area contributed by atoms with Crippen molar-refractivity contribution in [2.24, 2.45) is 0 Å². The van der Waals surface area contributed by atoms with Gasteiger partial charge in [-0.15, -0.1) is 6.58 Å². The summed E-state index contributed by atoms with van der Waals surface area (Å²) in [6.07, 6.45) is 5.56. The van der Waals surface area contributed by atoms with Gasteiger partial charge in [-0.3, -0.25) is 0 Å². The maximum Gasteiger partial charge on any atom is 0.179 e. The Hall–Kier alpha value is -0.600. The molecule has 0 unspecified atom stereocenters. The molecule has 0 aliphatic carbocycles. The lowest BCUT2D eigenvalue weighted by molar-refractivity contribution is -0.0760. The third-order valence-corrected chi connectivity index (χ3v) is 1.58. The van der Waals surface area contributed by atoms with E-state index in [0.29, 0.717) is 0 Å². The first-order valence-corrected chi connectivity index (χ1v) is 4.15. The summed E-state index contributed by atoms with van der Waals surface area (Å²) < 4.78 is 10.3. The summed E-state index contributed by atoms with van der Waals surface area (Å²) in [5, 5.41) is 0. The highest BCUT2D eigenvalue weighted by molar-refractivity contribution is 5.09. The molecule has 0 amide bonds. The summed E-state index contributed by atoms with van der Waals surface area (Å²) in [6, 6.07) is 0. The van der Waals surface area contributed by atoms with E-state index in [0.717, 1.165) is 18.4 Å². The molecular formula is C10H18O2. The Morgan fingerprint density at radius 3 is 2.33 bits per heavy atom. The number of methoxy groups -OCH3 is 2. The largest absolute Gasteiger partial charge is 0.352 e. The average molecular weight is 170 g/mol. The number of hydrogen-bond donors (Lipinski definition) is 0. The van der Waals surface area contributed by atoms with Gasteiger partial charge in [0, 0.05) is 14.2 Å². The van der Waals surface area contributed by atoms with Crippen molar-refractivity contribution in [3.05, 3.63) is 24.3 Å². The summed E-state index contributed by atoms with van der Waals surface area (Å²) in [6.45, 7) is 5.77. The highest BCUT2D eigenvalue weighted by Gasteiger charge is 2.09. The van der Waals surface area contributed by atoms with Crippen LogP contribution in [0.2, 0.25) is 0 Å². The molecule has 0 radical (unpaired) electrons. The molecule has 0 rings (SSSR count). The molecule has 0 N–H and O–H groups in total. The van der Waals surface area contributed by atoms with E-state index in [-0.39, 0.29) is 6.29 Å². The SMILES string of the molecule is C=CC/C(=C\CC)C(OC)OC. The van der Waals surface area contributed by atoms with Gasteiger partial charge in [0.1, 0.15) is 0 Å². The van der Waals surface area contributed by atoms with Gasteiger partial charge in [-0.1, -0.05) is 19.1 Å². The smallest absolute Gasteiger partial charge is 0.179 e. The first-order valence-electron chi connectivity index (χ1n) is 4.15. The molecule has 70 valence electrons. The molecule has 2 nitrogen and oxygen atoms in total. The number of ether oxygens (including phenoxy) is 2. The van der Waals surface area contributed by atoms with E-state index in [9.17, 15) is 0 Å². The monoisotopic (exact) mass is 170 g/mol. The van der Waals surface area contributed by atoms with Gasteiger partial charge in [0.15, 0.2) is 6.29 Å². The van der Waals surface area contributed by atoms with Gasteiger partial charge < -0.3 is 9.47 Å². The lowest BCUT2D eigenvalue weighted by atomic mass is 10.1. The Balaban J connectivity index is 4.24. The molecule has 2 heteroatoms. The maximum atomic E-state index is 5.13. The van der Waals surface area contributed by atoms with Crippen molar-refractivity contribution in [1.82, 2.24) is 0 Å². The number of hydrogen-bond acceptors (Lipinski definition) is 2. The van der Waals surface area contributed by atoms with Gasteiger partial charge in [-0.2, -0.15) is 0 Å². The van der Waals surface area contributed by atoms with Gasteiger partial charge in [0.05, 0.1) is 0 Å². The van der Waals surface area contributed by atoms with Crippen LogP contribution in [0.5, 0.6) is 0 Å². The van der Waals surface area contributed by atoms with E-state index in [2.05, 4.69) is 19.6 Å². The second-order valence-electron chi connectivity index (χ2n) is 2.48. The van der Waals surface area contributed by atoms with Crippen molar-refractivity contribution in [3.8, 4) is 0 Å². The Morgan fingerprint density at radius 1 is 1.42 bits per heavy atom. The highest BCUT2D eigenvalue weighted by atomic mass is 16.7. The maximum absolute atomic E-state index is 5.13. The zero-order chi connectivity index (χ0) is 9.40. The lowest BCUT2D eigenvalue weighted by Gasteiger charge is -2.15. The zero-order valence-electron chi connectivity index (χ0n) is 8.17.